The van der Waals surface area contributed by atoms with Gasteiger partial charge in [0.05, 0.1) is 18.6 Å². The van der Waals surface area contributed by atoms with Crippen LogP contribution in [0.5, 0.6) is 0 Å². The fourth-order valence-electron chi connectivity index (χ4n) is 2.14. The molecule has 0 heterocycles. The van der Waals surface area contributed by atoms with Gasteiger partial charge in [-0.05, 0) is 26.7 Å². The van der Waals surface area contributed by atoms with Crippen LogP contribution in [0.4, 0.5) is 13.2 Å². The maximum absolute atomic E-state index is 12.1. The molecule has 150 valence electrons. The summed E-state index contributed by atoms with van der Waals surface area (Å²) in [5.74, 6) is -1.41. The van der Waals surface area contributed by atoms with E-state index in [0.717, 1.165) is 0 Å². The Morgan fingerprint density at radius 1 is 1.15 bits per heavy atom. The monoisotopic (exact) mass is 380 g/mol. The van der Waals surface area contributed by atoms with Crippen molar-refractivity contribution in [1.82, 2.24) is 0 Å². The van der Waals surface area contributed by atoms with Crippen molar-refractivity contribution in [3.05, 3.63) is 24.8 Å². The van der Waals surface area contributed by atoms with E-state index in [9.17, 15) is 22.8 Å². The van der Waals surface area contributed by atoms with E-state index in [2.05, 4.69) is 17.9 Å². The normalized spacial score (nSPS) is 14.8. The molecule has 0 aliphatic carbocycles. The molecule has 0 saturated carbocycles. The molecule has 0 saturated heterocycles. The molecule has 2 atom stereocenters. The van der Waals surface area contributed by atoms with Gasteiger partial charge in [-0.15, -0.1) is 6.58 Å². The Morgan fingerprint density at radius 2 is 1.73 bits per heavy atom. The van der Waals surface area contributed by atoms with Gasteiger partial charge in [0.2, 0.25) is 0 Å². The minimum atomic E-state index is -4.40. The Bertz CT molecular complexity index is 502. The summed E-state index contributed by atoms with van der Waals surface area (Å²) in [4.78, 5) is 23.3. The number of hydrogen-bond acceptors (Lipinski definition) is 5. The van der Waals surface area contributed by atoms with Crippen LogP contribution in [0.1, 0.15) is 46.5 Å². The topological polar surface area (TPSA) is 61.8 Å². The molecular formula is C18H27F3O5. The van der Waals surface area contributed by atoms with Gasteiger partial charge in [0.1, 0.15) is 6.61 Å². The van der Waals surface area contributed by atoms with E-state index in [1.54, 1.807) is 6.08 Å². The van der Waals surface area contributed by atoms with Crippen LogP contribution in [0.15, 0.2) is 24.8 Å². The lowest BCUT2D eigenvalue weighted by atomic mass is 9.92. The van der Waals surface area contributed by atoms with Gasteiger partial charge in [-0.1, -0.05) is 19.6 Å². The zero-order valence-corrected chi connectivity index (χ0v) is 15.5. The number of carbonyl (C=O) groups excluding carboxylic acids is 2. The molecule has 0 aromatic carbocycles. The number of carbonyl (C=O) groups is 2. The summed E-state index contributed by atoms with van der Waals surface area (Å²) in [6.45, 7) is 11.2. The van der Waals surface area contributed by atoms with Crippen LogP contribution in [0, 0.1) is 0 Å². The lowest BCUT2D eigenvalue weighted by molar-refractivity contribution is -0.179. The molecule has 0 amide bonds. The van der Waals surface area contributed by atoms with Crippen LogP contribution in [-0.2, 0) is 23.8 Å². The third-order valence-electron chi connectivity index (χ3n) is 3.69. The quantitative estimate of drug-likeness (QED) is 0.290. The number of halogens is 3. The fraction of sp³-hybridized carbons (Fsp3) is 0.667. The second-order valence-corrected chi connectivity index (χ2v) is 5.99. The van der Waals surface area contributed by atoms with Gasteiger partial charge in [0, 0.05) is 12.0 Å². The molecule has 0 spiro atoms. The molecule has 0 aliphatic heterocycles. The SMILES string of the molecule is C=CCC(CC)(CCOC(=O)C(=C)C)OC(C)C(=O)OCCC(F)(F)F. The van der Waals surface area contributed by atoms with Crippen molar-refractivity contribution in [3.63, 3.8) is 0 Å². The van der Waals surface area contributed by atoms with Crippen molar-refractivity contribution in [2.24, 2.45) is 0 Å². The summed E-state index contributed by atoms with van der Waals surface area (Å²) < 4.78 is 51.8. The molecule has 0 aromatic heterocycles. The molecule has 0 bridgehead atoms. The first-order valence-corrected chi connectivity index (χ1v) is 8.31. The highest BCUT2D eigenvalue weighted by atomic mass is 19.4. The zero-order chi connectivity index (χ0) is 20.4. The summed E-state index contributed by atoms with van der Waals surface area (Å²) in [5.41, 5.74) is -0.585. The first kappa shape index (κ1) is 24.2. The molecule has 0 rings (SSSR count). The first-order valence-electron chi connectivity index (χ1n) is 8.31. The van der Waals surface area contributed by atoms with Crippen LogP contribution in [0.2, 0.25) is 0 Å². The van der Waals surface area contributed by atoms with Gasteiger partial charge in [-0.3, -0.25) is 0 Å². The zero-order valence-electron chi connectivity index (χ0n) is 15.5. The Balaban J connectivity index is 4.75. The molecule has 26 heavy (non-hydrogen) atoms. The predicted molar refractivity (Wildman–Crippen MR) is 90.4 cm³/mol. The standard InChI is InChI=1S/C18H27F3O5/c1-6-8-17(7-2,9-11-24-15(22)13(3)4)26-14(5)16(23)25-12-10-18(19,20)21/h6,14H,1,3,7-12H2,2,4-5H3. The van der Waals surface area contributed by atoms with Crippen molar-refractivity contribution in [3.8, 4) is 0 Å². The van der Waals surface area contributed by atoms with Gasteiger partial charge in [0.25, 0.3) is 0 Å². The summed E-state index contributed by atoms with van der Waals surface area (Å²) in [7, 11) is 0. The maximum atomic E-state index is 12.1. The third kappa shape index (κ3) is 9.60. The largest absolute Gasteiger partial charge is 0.463 e. The summed E-state index contributed by atoms with van der Waals surface area (Å²) in [5, 5.41) is 0. The molecule has 0 radical (unpaired) electrons. The minimum Gasteiger partial charge on any atom is -0.463 e. The van der Waals surface area contributed by atoms with Crippen LogP contribution in [0.3, 0.4) is 0 Å². The summed E-state index contributed by atoms with van der Waals surface area (Å²) in [6.07, 6.45) is -3.94. The van der Waals surface area contributed by atoms with Gasteiger partial charge in [-0.25, -0.2) is 9.59 Å². The minimum absolute atomic E-state index is 0.0449. The highest BCUT2D eigenvalue weighted by Crippen LogP contribution is 2.28. The van der Waals surface area contributed by atoms with E-state index >= 15 is 0 Å². The molecule has 0 fully saturated rings. The number of rotatable bonds is 12. The van der Waals surface area contributed by atoms with E-state index in [1.807, 2.05) is 6.92 Å². The average Bonchev–Trinajstić information content (AvgIpc) is 2.53. The van der Waals surface area contributed by atoms with Crippen molar-refractivity contribution in [1.29, 1.82) is 0 Å². The number of esters is 2. The third-order valence-corrected chi connectivity index (χ3v) is 3.69. The van der Waals surface area contributed by atoms with Crippen molar-refractivity contribution >= 4 is 11.9 Å². The molecule has 8 heteroatoms. The molecular weight excluding hydrogens is 353 g/mol. The molecule has 5 nitrogen and oxygen atoms in total. The van der Waals surface area contributed by atoms with E-state index < -0.39 is 42.8 Å². The van der Waals surface area contributed by atoms with Crippen LogP contribution < -0.4 is 0 Å². The Morgan fingerprint density at radius 3 is 2.19 bits per heavy atom. The first-order chi connectivity index (χ1) is 12.0. The molecule has 0 aliphatic rings. The van der Waals surface area contributed by atoms with Gasteiger partial charge >= 0.3 is 18.1 Å². The second-order valence-electron chi connectivity index (χ2n) is 5.99. The van der Waals surface area contributed by atoms with E-state index in [-0.39, 0.29) is 18.6 Å². The van der Waals surface area contributed by atoms with Crippen molar-refractivity contribution in [2.45, 2.75) is 64.3 Å². The lowest BCUT2D eigenvalue weighted by Crippen LogP contribution is -2.40. The maximum Gasteiger partial charge on any atom is 0.392 e. The smallest absolute Gasteiger partial charge is 0.392 e. The van der Waals surface area contributed by atoms with Crippen LogP contribution in [-0.4, -0.2) is 43.0 Å². The predicted octanol–water partition coefficient (Wildman–Crippen LogP) is 4.12. The van der Waals surface area contributed by atoms with Crippen LogP contribution >= 0.6 is 0 Å². The highest BCUT2D eigenvalue weighted by molar-refractivity contribution is 5.86. The molecule has 0 N–H and O–H groups in total. The van der Waals surface area contributed by atoms with Crippen molar-refractivity contribution < 1.29 is 37.0 Å². The number of hydrogen-bond donors (Lipinski definition) is 0. The lowest BCUT2D eigenvalue weighted by Gasteiger charge is -2.34. The van der Waals surface area contributed by atoms with Crippen LogP contribution in [0.25, 0.3) is 0 Å². The second kappa shape index (κ2) is 11.0. The molecule has 0 aromatic rings. The Kier molecular flexibility index (Phi) is 10.2. The van der Waals surface area contributed by atoms with Gasteiger partial charge < -0.3 is 14.2 Å². The Labute approximate surface area is 152 Å². The van der Waals surface area contributed by atoms with Gasteiger partial charge in [-0.2, -0.15) is 13.2 Å². The van der Waals surface area contributed by atoms with E-state index in [4.69, 9.17) is 9.47 Å². The summed E-state index contributed by atoms with van der Waals surface area (Å²) in [6, 6.07) is 0. The highest BCUT2D eigenvalue weighted by Gasteiger charge is 2.34. The summed E-state index contributed by atoms with van der Waals surface area (Å²) >= 11 is 0. The van der Waals surface area contributed by atoms with Crippen molar-refractivity contribution in [2.75, 3.05) is 13.2 Å². The van der Waals surface area contributed by atoms with E-state index in [1.165, 1.54) is 13.8 Å². The van der Waals surface area contributed by atoms with E-state index in [0.29, 0.717) is 12.8 Å². The average molecular weight is 380 g/mol. The van der Waals surface area contributed by atoms with Gasteiger partial charge in [0.15, 0.2) is 6.10 Å². The number of alkyl halides is 3. The number of ether oxygens (including phenoxy) is 3. The Hall–Kier alpha value is -1.83. The fourth-order valence-corrected chi connectivity index (χ4v) is 2.14. The molecule has 2 unspecified atom stereocenters.